The number of hydrogen-bond acceptors (Lipinski definition) is 6. The van der Waals surface area contributed by atoms with Gasteiger partial charge in [-0.2, -0.15) is 0 Å². The molecule has 0 radical (unpaired) electrons. The minimum absolute atomic E-state index is 0.0500. The first-order chi connectivity index (χ1) is 6.56. The Morgan fingerprint density at radius 3 is 2.64 bits per heavy atom. The Balaban J connectivity index is 2.81. The minimum Gasteiger partial charge on any atom is -0.476 e. The molecule has 2 unspecified atom stereocenters. The van der Waals surface area contributed by atoms with Crippen LogP contribution in [0.5, 0.6) is 0 Å². The highest BCUT2D eigenvalue weighted by molar-refractivity contribution is 7.11. The molecule has 4 N–H and O–H groups in total. The Hall–Kier alpha value is -1.02. The molecule has 1 rings (SSSR count). The predicted octanol–water partition coefficient (Wildman–Crippen LogP) is -0.772. The highest BCUT2D eigenvalue weighted by Gasteiger charge is 2.21. The van der Waals surface area contributed by atoms with Gasteiger partial charge in [-0.1, -0.05) is 0 Å². The fraction of sp³-hybridized carbons (Fsp3) is 0.429. The predicted molar refractivity (Wildman–Crippen MR) is 47.1 cm³/mol. The summed E-state index contributed by atoms with van der Waals surface area (Å²) < 4.78 is 0. The highest BCUT2D eigenvalue weighted by atomic mass is 32.1. The zero-order valence-electron chi connectivity index (χ0n) is 6.99. The van der Waals surface area contributed by atoms with E-state index in [0.29, 0.717) is 0 Å². The molecule has 2 atom stereocenters. The summed E-state index contributed by atoms with van der Waals surface area (Å²) in [5.41, 5.74) is 0.0500. The average molecular weight is 219 g/mol. The summed E-state index contributed by atoms with van der Waals surface area (Å²) in [5.74, 6) is -1.19. The SMILES string of the molecule is O=C(O)c1nc(C(O)C(O)CO)cs1. The molecule has 0 saturated heterocycles. The van der Waals surface area contributed by atoms with Crippen molar-refractivity contribution in [2.75, 3.05) is 6.61 Å². The fourth-order valence-electron chi connectivity index (χ4n) is 0.817. The van der Waals surface area contributed by atoms with Gasteiger partial charge in [-0.15, -0.1) is 11.3 Å². The van der Waals surface area contributed by atoms with Crippen LogP contribution >= 0.6 is 11.3 Å². The lowest BCUT2D eigenvalue weighted by atomic mass is 10.2. The molecule has 1 heterocycles. The van der Waals surface area contributed by atoms with Crippen LogP contribution in [-0.2, 0) is 0 Å². The van der Waals surface area contributed by atoms with Crippen molar-refractivity contribution in [1.29, 1.82) is 0 Å². The second-order valence-corrected chi connectivity index (χ2v) is 3.44. The molecule has 0 amide bonds. The number of carboxylic acids is 1. The molecule has 0 bridgehead atoms. The Kier molecular flexibility index (Phi) is 3.53. The lowest BCUT2D eigenvalue weighted by Crippen LogP contribution is -2.22. The first-order valence-electron chi connectivity index (χ1n) is 3.72. The van der Waals surface area contributed by atoms with Crippen LogP contribution in [-0.4, -0.2) is 44.1 Å². The number of hydrogen-bond donors (Lipinski definition) is 4. The Morgan fingerprint density at radius 1 is 1.57 bits per heavy atom. The maximum Gasteiger partial charge on any atom is 0.365 e. The lowest BCUT2D eigenvalue weighted by Gasteiger charge is -2.12. The molecule has 0 fully saturated rings. The number of aliphatic hydroxyl groups excluding tert-OH is 3. The quantitative estimate of drug-likeness (QED) is 0.529. The molecule has 78 valence electrons. The van der Waals surface area contributed by atoms with Crippen LogP contribution in [0.4, 0.5) is 0 Å². The summed E-state index contributed by atoms with van der Waals surface area (Å²) in [4.78, 5) is 14.0. The molecular weight excluding hydrogens is 210 g/mol. The number of thiazole rings is 1. The second-order valence-electron chi connectivity index (χ2n) is 2.58. The van der Waals surface area contributed by atoms with E-state index in [1.54, 1.807) is 0 Å². The summed E-state index contributed by atoms with van der Waals surface area (Å²) >= 11 is 0.850. The third kappa shape index (κ3) is 2.26. The van der Waals surface area contributed by atoms with Crippen LogP contribution in [0.1, 0.15) is 21.6 Å². The minimum atomic E-state index is -1.36. The van der Waals surface area contributed by atoms with Crippen molar-refractivity contribution in [1.82, 2.24) is 4.98 Å². The summed E-state index contributed by atoms with van der Waals surface area (Å²) in [7, 11) is 0. The van der Waals surface area contributed by atoms with Gasteiger partial charge in [0.2, 0.25) is 5.01 Å². The van der Waals surface area contributed by atoms with Crippen molar-refractivity contribution in [3.8, 4) is 0 Å². The van der Waals surface area contributed by atoms with Gasteiger partial charge in [-0.05, 0) is 0 Å². The van der Waals surface area contributed by atoms with Gasteiger partial charge < -0.3 is 20.4 Å². The van der Waals surface area contributed by atoms with E-state index in [-0.39, 0.29) is 10.7 Å². The number of carbonyl (C=O) groups is 1. The highest BCUT2D eigenvalue weighted by Crippen LogP contribution is 2.19. The normalized spacial score (nSPS) is 15.1. The standard InChI is InChI=1S/C7H9NO5S/c9-1-4(10)5(11)3-2-14-6(8-3)7(12)13/h2,4-5,9-11H,1H2,(H,12,13). The van der Waals surface area contributed by atoms with Crippen LogP contribution in [0.15, 0.2) is 5.38 Å². The molecule has 0 saturated carbocycles. The summed E-state index contributed by atoms with van der Waals surface area (Å²) in [6.07, 6.45) is -2.71. The van der Waals surface area contributed by atoms with Crippen molar-refractivity contribution in [3.63, 3.8) is 0 Å². The number of aromatic nitrogens is 1. The summed E-state index contributed by atoms with van der Waals surface area (Å²) in [6.45, 7) is -0.610. The Bertz CT molecular complexity index is 326. The van der Waals surface area contributed by atoms with E-state index >= 15 is 0 Å². The fourth-order valence-corrected chi connectivity index (χ4v) is 1.50. The molecule has 0 aliphatic heterocycles. The summed E-state index contributed by atoms with van der Waals surface area (Å²) in [6, 6.07) is 0. The third-order valence-corrected chi connectivity index (χ3v) is 2.41. The maximum atomic E-state index is 10.4. The number of nitrogens with zero attached hydrogens (tertiary/aromatic N) is 1. The molecule has 14 heavy (non-hydrogen) atoms. The summed E-state index contributed by atoms with van der Waals surface area (Å²) in [5, 5.41) is 36.6. The first-order valence-corrected chi connectivity index (χ1v) is 4.60. The second kappa shape index (κ2) is 4.47. The van der Waals surface area contributed by atoms with Crippen molar-refractivity contribution in [3.05, 3.63) is 16.1 Å². The van der Waals surface area contributed by atoms with Gasteiger partial charge in [0.05, 0.1) is 12.3 Å². The van der Waals surface area contributed by atoms with Crippen molar-refractivity contribution >= 4 is 17.3 Å². The molecule has 0 aliphatic carbocycles. The zero-order chi connectivity index (χ0) is 10.7. The monoisotopic (exact) mass is 219 g/mol. The maximum absolute atomic E-state index is 10.4. The van der Waals surface area contributed by atoms with Gasteiger partial charge >= 0.3 is 5.97 Å². The molecule has 6 nitrogen and oxygen atoms in total. The Labute approximate surface area is 83.1 Å². The van der Waals surface area contributed by atoms with Gasteiger partial charge in [-0.25, -0.2) is 9.78 Å². The van der Waals surface area contributed by atoms with Crippen LogP contribution in [0.3, 0.4) is 0 Å². The number of aliphatic hydroxyl groups is 3. The largest absolute Gasteiger partial charge is 0.476 e. The van der Waals surface area contributed by atoms with E-state index < -0.39 is 24.8 Å². The van der Waals surface area contributed by atoms with Gasteiger partial charge in [0.25, 0.3) is 0 Å². The van der Waals surface area contributed by atoms with Crippen molar-refractivity contribution < 1.29 is 25.2 Å². The van der Waals surface area contributed by atoms with E-state index in [9.17, 15) is 9.90 Å². The van der Waals surface area contributed by atoms with E-state index in [1.165, 1.54) is 5.38 Å². The number of aromatic carboxylic acids is 1. The van der Waals surface area contributed by atoms with Crippen LogP contribution in [0.2, 0.25) is 0 Å². The van der Waals surface area contributed by atoms with E-state index in [0.717, 1.165) is 11.3 Å². The first kappa shape index (κ1) is 11.1. The number of carboxylic acid groups (broad SMARTS) is 1. The smallest absolute Gasteiger partial charge is 0.365 e. The van der Waals surface area contributed by atoms with Gasteiger partial charge in [0.1, 0.15) is 12.2 Å². The van der Waals surface area contributed by atoms with E-state index in [4.69, 9.17) is 15.3 Å². The molecule has 1 aromatic rings. The average Bonchev–Trinajstić information content (AvgIpc) is 2.64. The van der Waals surface area contributed by atoms with Crippen molar-refractivity contribution in [2.24, 2.45) is 0 Å². The zero-order valence-corrected chi connectivity index (χ0v) is 7.81. The molecule has 0 aromatic carbocycles. The molecule has 7 heteroatoms. The van der Waals surface area contributed by atoms with E-state index in [1.807, 2.05) is 0 Å². The number of rotatable bonds is 4. The molecule has 0 aliphatic rings. The van der Waals surface area contributed by atoms with Gasteiger partial charge in [-0.3, -0.25) is 0 Å². The third-order valence-electron chi connectivity index (χ3n) is 1.56. The topological polar surface area (TPSA) is 111 Å². The van der Waals surface area contributed by atoms with Gasteiger partial charge in [0, 0.05) is 5.38 Å². The Morgan fingerprint density at radius 2 is 2.21 bits per heavy atom. The van der Waals surface area contributed by atoms with Crippen molar-refractivity contribution in [2.45, 2.75) is 12.2 Å². The van der Waals surface area contributed by atoms with Crippen LogP contribution in [0, 0.1) is 0 Å². The molecular formula is C7H9NO5S. The van der Waals surface area contributed by atoms with E-state index in [2.05, 4.69) is 4.98 Å². The van der Waals surface area contributed by atoms with Crippen LogP contribution in [0.25, 0.3) is 0 Å². The van der Waals surface area contributed by atoms with Crippen LogP contribution < -0.4 is 0 Å². The molecule has 1 aromatic heterocycles. The van der Waals surface area contributed by atoms with Gasteiger partial charge in [0.15, 0.2) is 0 Å². The lowest BCUT2D eigenvalue weighted by molar-refractivity contribution is -0.0170. The molecule has 0 spiro atoms.